The van der Waals surface area contributed by atoms with Crippen molar-refractivity contribution in [2.24, 2.45) is 0 Å². The van der Waals surface area contributed by atoms with Gasteiger partial charge >= 0.3 is 0 Å². The van der Waals surface area contributed by atoms with Crippen molar-refractivity contribution < 1.29 is 9.84 Å². The van der Waals surface area contributed by atoms with Crippen LogP contribution in [0.1, 0.15) is 6.42 Å². The molecule has 0 bridgehead atoms. The summed E-state index contributed by atoms with van der Waals surface area (Å²) in [5.41, 5.74) is 0. The minimum atomic E-state index is -0.251. The minimum Gasteiger partial charge on any atom is -0.389 e. The molecule has 0 aromatic carbocycles. The summed E-state index contributed by atoms with van der Waals surface area (Å²) >= 11 is 0. The van der Waals surface area contributed by atoms with E-state index in [1.165, 1.54) is 0 Å². The topological polar surface area (TPSA) is 32.8 Å². The van der Waals surface area contributed by atoms with Crippen LogP contribution in [0.25, 0.3) is 0 Å². The van der Waals surface area contributed by atoms with E-state index in [4.69, 9.17) is 9.84 Å². The van der Waals surface area contributed by atoms with Gasteiger partial charge in [-0.1, -0.05) is 12.2 Å². The molecule has 0 aromatic heterocycles. The Hall–Kier alpha value is -0.340. The van der Waals surface area contributed by atoms with E-state index in [0.29, 0.717) is 12.2 Å². The minimum absolute atomic E-state index is 0.251. The third-order valence-corrected chi connectivity index (χ3v) is 1.62. The van der Waals surface area contributed by atoms with E-state index >= 15 is 0 Å². The van der Waals surface area contributed by atoms with Gasteiger partial charge < -0.3 is 9.84 Å². The summed E-state index contributed by atoms with van der Waals surface area (Å²) in [5, 5.41) is 8.94. The van der Waals surface area contributed by atoms with Crippen molar-refractivity contribution in [1.29, 1.82) is 0 Å². The molecule has 0 spiro atoms. The van der Waals surface area contributed by atoms with Crippen molar-refractivity contribution >= 4 is 0 Å². The number of aliphatic hydroxyl groups excluding tert-OH is 1. The summed E-state index contributed by atoms with van der Waals surface area (Å²) in [5.74, 6) is 0. The number of fused-ring (bicyclic) bond motifs is 1. The fourth-order valence-corrected chi connectivity index (χ4v) is 1.07. The first-order valence-corrected chi connectivity index (χ1v) is 2.88. The normalized spacial score (nSPS) is 50.9. The maximum atomic E-state index is 8.94. The van der Waals surface area contributed by atoms with Gasteiger partial charge in [0.2, 0.25) is 0 Å². The van der Waals surface area contributed by atoms with Crippen LogP contribution in [0.5, 0.6) is 0 Å². The van der Waals surface area contributed by atoms with Crippen molar-refractivity contribution in [1.82, 2.24) is 0 Å². The van der Waals surface area contributed by atoms with Gasteiger partial charge in [-0.2, -0.15) is 0 Å². The van der Waals surface area contributed by atoms with Crippen molar-refractivity contribution in [3.8, 4) is 0 Å². The molecule has 1 heterocycles. The van der Waals surface area contributed by atoms with E-state index < -0.39 is 0 Å². The van der Waals surface area contributed by atoms with E-state index in [9.17, 15) is 0 Å². The molecule has 1 fully saturated rings. The summed E-state index contributed by atoms with van der Waals surface area (Å²) in [6.07, 6.45) is 4.96. The molecule has 1 aliphatic carbocycles. The Morgan fingerprint density at radius 2 is 2.38 bits per heavy atom. The van der Waals surface area contributed by atoms with Crippen LogP contribution in [-0.4, -0.2) is 23.4 Å². The quantitative estimate of drug-likeness (QED) is 0.355. The first-order valence-electron chi connectivity index (χ1n) is 2.88. The molecule has 2 heteroatoms. The Morgan fingerprint density at radius 1 is 1.50 bits per heavy atom. The van der Waals surface area contributed by atoms with Gasteiger partial charge in [-0.3, -0.25) is 0 Å². The summed E-state index contributed by atoms with van der Waals surface area (Å²) in [4.78, 5) is 0. The van der Waals surface area contributed by atoms with Gasteiger partial charge in [0.05, 0.1) is 12.2 Å². The van der Waals surface area contributed by atoms with E-state index in [0.717, 1.165) is 6.42 Å². The Labute approximate surface area is 47.8 Å². The average molecular weight is 112 g/mol. The second-order valence-corrected chi connectivity index (χ2v) is 2.33. The zero-order chi connectivity index (χ0) is 5.56. The van der Waals surface area contributed by atoms with Gasteiger partial charge in [-0.25, -0.2) is 0 Å². The second-order valence-electron chi connectivity index (χ2n) is 2.33. The van der Waals surface area contributed by atoms with E-state index in [1.807, 2.05) is 6.08 Å². The molecular weight excluding hydrogens is 104 g/mol. The molecule has 3 atom stereocenters. The second kappa shape index (κ2) is 1.33. The van der Waals surface area contributed by atoms with Crippen LogP contribution in [-0.2, 0) is 4.74 Å². The Balaban J connectivity index is 2.11. The smallest absolute Gasteiger partial charge is 0.102 e. The highest BCUT2D eigenvalue weighted by atomic mass is 16.6. The lowest BCUT2D eigenvalue weighted by Gasteiger charge is -2.03. The molecule has 0 unspecified atom stereocenters. The van der Waals surface area contributed by atoms with Gasteiger partial charge in [0.15, 0.2) is 0 Å². The molecule has 0 radical (unpaired) electrons. The standard InChI is InChI=1S/C6H8O2/c7-4-1-2-5-6(3-4)8-5/h1-2,4-7H,3H2/t4-,5-,6+/m0/s1. The summed E-state index contributed by atoms with van der Waals surface area (Å²) in [6.45, 7) is 0. The van der Waals surface area contributed by atoms with Crippen LogP contribution in [0.3, 0.4) is 0 Å². The van der Waals surface area contributed by atoms with Crippen LogP contribution < -0.4 is 0 Å². The van der Waals surface area contributed by atoms with Crippen molar-refractivity contribution in [2.45, 2.75) is 24.7 Å². The van der Waals surface area contributed by atoms with Gasteiger partial charge in [0.1, 0.15) is 6.10 Å². The average Bonchev–Trinajstić information content (AvgIpc) is 2.43. The highest BCUT2D eigenvalue weighted by Crippen LogP contribution is 2.31. The molecule has 2 aliphatic rings. The van der Waals surface area contributed by atoms with Gasteiger partial charge in [0, 0.05) is 6.42 Å². The summed E-state index contributed by atoms with van der Waals surface area (Å²) in [7, 11) is 0. The monoisotopic (exact) mass is 112 g/mol. The molecule has 0 saturated carbocycles. The zero-order valence-electron chi connectivity index (χ0n) is 4.45. The third kappa shape index (κ3) is 0.572. The highest BCUT2D eigenvalue weighted by Gasteiger charge is 2.40. The maximum Gasteiger partial charge on any atom is 0.102 e. The van der Waals surface area contributed by atoms with Crippen molar-refractivity contribution in [2.75, 3.05) is 0 Å². The fraction of sp³-hybridized carbons (Fsp3) is 0.667. The lowest BCUT2D eigenvalue weighted by molar-refractivity contribution is 0.197. The van der Waals surface area contributed by atoms with Gasteiger partial charge in [0.25, 0.3) is 0 Å². The number of hydrogen-bond donors (Lipinski definition) is 1. The molecule has 1 aliphatic heterocycles. The molecule has 0 aromatic rings. The molecule has 2 rings (SSSR count). The predicted molar refractivity (Wildman–Crippen MR) is 28.4 cm³/mol. The largest absolute Gasteiger partial charge is 0.389 e. The Morgan fingerprint density at radius 3 is 3.00 bits per heavy atom. The molecule has 44 valence electrons. The van der Waals surface area contributed by atoms with Crippen molar-refractivity contribution in [3.63, 3.8) is 0 Å². The lowest BCUT2D eigenvalue weighted by atomic mass is 10.1. The predicted octanol–water partition coefficient (Wildman–Crippen LogP) is 0.0746. The van der Waals surface area contributed by atoms with Crippen molar-refractivity contribution in [3.05, 3.63) is 12.2 Å². The Kier molecular flexibility index (Phi) is 0.754. The fourth-order valence-electron chi connectivity index (χ4n) is 1.07. The van der Waals surface area contributed by atoms with Crippen LogP contribution in [0.15, 0.2) is 12.2 Å². The number of ether oxygens (including phenoxy) is 1. The van der Waals surface area contributed by atoms with Gasteiger partial charge in [-0.15, -0.1) is 0 Å². The molecule has 8 heavy (non-hydrogen) atoms. The van der Waals surface area contributed by atoms with Gasteiger partial charge in [-0.05, 0) is 0 Å². The molecule has 1 N–H and O–H groups in total. The van der Waals surface area contributed by atoms with Crippen LogP contribution in [0.4, 0.5) is 0 Å². The molecule has 0 amide bonds. The lowest BCUT2D eigenvalue weighted by Crippen LogP contribution is -2.11. The maximum absolute atomic E-state index is 8.94. The SMILES string of the molecule is O[C@H]1C=C[C@@H]2O[C@@H]2C1. The van der Waals surface area contributed by atoms with E-state index in [-0.39, 0.29) is 6.10 Å². The van der Waals surface area contributed by atoms with Crippen LogP contribution >= 0.6 is 0 Å². The van der Waals surface area contributed by atoms with Crippen LogP contribution in [0, 0.1) is 0 Å². The number of epoxide rings is 1. The highest BCUT2D eigenvalue weighted by molar-refractivity contribution is 5.11. The van der Waals surface area contributed by atoms with E-state index in [2.05, 4.69) is 0 Å². The number of hydrogen-bond acceptors (Lipinski definition) is 2. The zero-order valence-corrected chi connectivity index (χ0v) is 4.45. The molecular formula is C6H8O2. The Bertz CT molecular complexity index is 130. The first kappa shape index (κ1) is 4.53. The number of rotatable bonds is 0. The third-order valence-electron chi connectivity index (χ3n) is 1.62. The summed E-state index contributed by atoms with van der Waals surface area (Å²) in [6, 6.07) is 0. The molecule has 1 saturated heterocycles. The summed E-state index contributed by atoms with van der Waals surface area (Å²) < 4.78 is 5.10. The molecule has 2 nitrogen and oxygen atoms in total. The van der Waals surface area contributed by atoms with Crippen LogP contribution in [0.2, 0.25) is 0 Å². The van der Waals surface area contributed by atoms with E-state index in [1.54, 1.807) is 6.08 Å². The number of aliphatic hydroxyl groups is 1. The first-order chi connectivity index (χ1) is 3.86.